The molecule has 10 N–H and O–H groups in total. The first-order valence-corrected chi connectivity index (χ1v) is 22.3. The van der Waals surface area contributed by atoms with Gasteiger partial charge in [-0.15, -0.1) is 0 Å². The predicted octanol–water partition coefficient (Wildman–Crippen LogP) is 12.2. The van der Waals surface area contributed by atoms with Crippen molar-refractivity contribution in [1.82, 2.24) is 30.4 Å². The van der Waals surface area contributed by atoms with Gasteiger partial charge in [0.2, 0.25) is 0 Å². The van der Waals surface area contributed by atoms with E-state index in [1.54, 1.807) is 0 Å². The third-order valence-electron chi connectivity index (χ3n) is 11.4. The van der Waals surface area contributed by atoms with Crippen molar-refractivity contribution in [3.05, 3.63) is 168 Å². The number of pyridine rings is 2. The molecule has 68 heavy (non-hydrogen) atoms. The van der Waals surface area contributed by atoms with Crippen LogP contribution in [-0.4, -0.2) is 42.4 Å². The summed E-state index contributed by atoms with van der Waals surface area (Å²) in [4.78, 5) is 34.4. The lowest BCUT2D eigenvalue weighted by molar-refractivity contribution is 0.261. The number of benzene rings is 5. The van der Waals surface area contributed by atoms with Crippen LogP contribution in [0.1, 0.15) is 69.6 Å². The Labute approximate surface area is 395 Å². The highest BCUT2D eigenvalue weighted by Crippen LogP contribution is 2.37. The topological polar surface area (TPSA) is 217 Å². The zero-order valence-corrected chi connectivity index (χ0v) is 39.2. The number of nitrogens with zero attached hydrogens (tertiary/aromatic N) is 4. The summed E-state index contributed by atoms with van der Waals surface area (Å²) in [5.74, 6) is 0.965. The van der Waals surface area contributed by atoms with Crippen LogP contribution in [0.2, 0.25) is 0 Å². The predicted molar refractivity (Wildman–Crippen MR) is 277 cm³/mol. The molecule has 4 heterocycles. The number of carbonyl (C=O) groups excluding carboxylic acids is 2. The zero-order chi connectivity index (χ0) is 48.2. The number of anilines is 6. The second kappa shape index (κ2) is 19.1. The minimum absolute atomic E-state index is 0.133. The smallest absolute Gasteiger partial charge is 0.323 e. The molecule has 14 nitrogen and oxygen atoms in total. The van der Waals surface area contributed by atoms with Gasteiger partial charge in [0.15, 0.2) is 11.3 Å². The first-order chi connectivity index (χ1) is 32.5. The average molecular weight is 905 g/mol. The van der Waals surface area contributed by atoms with Gasteiger partial charge in [0.05, 0.1) is 10.8 Å². The van der Waals surface area contributed by atoms with Crippen LogP contribution in [0.3, 0.4) is 0 Å². The van der Waals surface area contributed by atoms with Crippen molar-refractivity contribution in [3.63, 3.8) is 0 Å². The fraction of sp³-hybridized carbons (Fsp3) is 0.185. The van der Waals surface area contributed by atoms with Gasteiger partial charge in [0.1, 0.15) is 11.6 Å². The Bertz CT molecular complexity index is 3240. The Hall–Kier alpha value is -8.52. The van der Waals surface area contributed by atoms with Crippen molar-refractivity contribution in [3.8, 4) is 22.3 Å². The molecule has 0 unspecified atom stereocenters. The maximum absolute atomic E-state index is 12.7. The molecule has 0 aliphatic carbocycles. The molecule has 0 bridgehead atoms. The maximum Gasteiger partial charge on any atom is 0.323 e. The monoisotopic (exact) mass is 904 g/mol. The highest BCUT2D eigenvalue weighted by atomic mass is 16.2. The van der Waals surface area contributed by atoms with Gasteiger partial charge >= 0.3 is 12.1 Å². The van der Waals surface area contributed by atoms with Crippen LogP contribution in [0.25, 0.3) is 44.3 Å². The Morgan fingerprint density at radius 2 is 0.971 bits per heavy atom. The lowest BCUT2D eigenvalue weighted by Crippen LogP contribution is -2.19. The van der Waals surface area contributed by atoms with E-state index in [1.165, 1.54) is 5.56 Å². The minimum Gasteiger partial charge on any atom is -0.383 e. The van der Waals surface area contributed by atoms with Crippen LogP contribution in [0, 0.1) is 6.92 Å². The quantitative estimate of drug-likeness (QED) is 0.0732. The molecule has 4 aromatic heterocycles. The van der Waals surface area contributed by atoms with Crippen molar-refractivity contribution in [1.29, 1.82) is 0 Å². The molecule has 0 atom stereocenters. The van der Waals surface area contributed by atoms with Crippen LogP contribution in [-0.2, 0) is 17.3 Å². The van der Waals surface area contributed by atoms with Crippen molar-refractivity contribution in [2.45, 2.75) is 65.7 Å². The van der Waals surface area contributed by atoms with Crippen molar-refractivity contribution < 1.29 is 9.59 Å². The summed E-state index contributed by atoms with van der Waals surface area (Å²) in [7, 11) is 0. The number of nitrogens with two attached hydrogens (primary N) is 2. The van der Waals surface area contributed by atoms with Gasteiger partial charge in [-0.25, -0.2) is 19.6 Å². The van der Waals surface area contributed by atoms with Crippen LogP contribution >= 0.6 is 0 Å². The molecule has 0 aliphatic heterocycles. The normalized spacial score (nSPS) is 11.5. The zero-order valence-electron chi connectivity index (χ0n) is 39.2. The van der Waals surface area contributed by atoms with Gasteiger partial charge in [-0.3, -0.25) is 10.2 Å². The van der Waals surface area contributed by atoms with E-state index in [2.05, 4.69) is 119 Å². The molecule has 9 aromatic rings. The summed E-state index contributed by atoms with van der Waals surface area (Å²) in [6.07, 6.45) is 0.805. The number of aromatic nitrogens is 6. The fourth-order valence-electron chi connectivity index (χ4n) is 7.67. The van der Waals surface area contributed by atoms with Gasteiger partial charge in [-0.05, 0) is 107 Å². The standard InChI is InChI=1S/C30H30N6O.C24H26N6O/c1-30(2,3)25-18-24(26-27(31)35-36-28(26)34-25)21-12-14-22(15-13-21)32-29(37)33-23-11-7-10-20(17-23)16-19-8-5-4-6-9-19;1-14-7-5-6-8-18(14)27-23(31)26-16-11-9-15(10-12-16)17-13-19(24(2,3)4)28-22-20(17)21(25)29-30-22/h4-15,17-18H,16H2,1-3H3,(H2,32,33,37)(H3,31,34,35,36);5-13H,1-4H3,(H2,26,27,31)(H3,25,28,29,30). The minimum atomic E-state index is -0.301. The molecule has 0 saturated heterocycles. The number of fused-ring (bicyclic) bond motifs is 2. The lowest BCUT2D eigenvalue weighted by atomic mass is 9.89. The number of hydrogen-bond donors (Lipinski definition) is 8. The number of urea groups is 2. The average Bonchev–Trinajstić information content (AvgIpc) is 3.88. The Balaban J connectivity index is 0.000000187. The van der Waals surface area contributed by atoms with Crippen molar-refractivity contribution in [2.24, 2.45) is 0 Å². The Morgan fingerprint density at radius 3 is 1.47 bits per heavy atom. The van der Waals surface area contributed by atoms with E-state index in [0.717, 1.165) is 73.3 Å². The number of hydrogen-bond acceptors (Lipinski definition) is 8. The molecule has 344 valence electrons. The number of nitrogens with one attached hydrogen (secondary N) is 6. The molecular weight excluding hydrogens is 849 g/mol. The number of nitrogen functional groups attached to an aromatic ring is 2. The molecule has 9 rings (SSSR count). The van der Waals surface area contributed by atoms with Crippen LogP contribution in [0.4, 0.5) is 44.0 Å². The third kappa shape index (κ3) is 10.8. The summed E-state index contributed by atoms with van der Waals surface area (Å²) < 4.78 is 0. The fourth-order valence-corrected chi connectivity index (χ4v) is 7.67. The lowest BCUT2D eigenvalue weighted by Gasteiger charge is -2.19. The van der Waals surface area contributed by atoms with E-state index in [-0.39, 0.29) is 22.9 Å². The molecule has 0 aliphatic rings. The number of rotatable bonds is 8. The second-order valence-electron chi connectivity index (χ2n) is 18.8. The number of aromatic amines is 2. The van der Waals surface area contributed by atoms with Crippen molar-refractivity contribution in [2.75, 3.05) is 32.7 Å². The largest absolute Gasteiger partial charge is 0.383 e. The number of carbonyl (C=O) groups is 2. The molecular formula is C54H56N12O2. The third-order valence-corrected chi connectivity index (χ3v) is 11.4. The van der Waals surface area contributed by atoms with Gasteiger partial charge in [-0.2, -0.15) is 10.2 Å². The first kappa shape index (κ1) is 46.0. The number of H-pyrrole nitrogens is 2. The first-order valence-electron chi connectivity index (χ1n) is 22.3. The van der Waals surface area contributed by atoms with Gasteiger partial charge in [0, 0.05) is 45.0 Å². The summed E-state index contributed by atoms with van der Waals surface area (Å²) >= 11 is 0. The van der Waals surface area contributed by atoms with E-state index in [0.29, 0.717) is 34.3 Å². The van der Waals surface area contributed by atoms with Crippen molar-refractivity contribution >= 4 is 68.5 Å². The number of amides is 4. The second-order valence-corrected chi connectivity index (χ2v) is 18.8. The van der Waals surface area contributed by atoms with Crippen LogP contribution in [0.15, 0.2) is 140 Å². The Morgan fingerprint density at radius 1 is 0.515 bits per heavy atom. The highest BCUT2D eigenvalue weighted by molar-refractivity contribution is 6.03. The molecule has 0 radical (unpaired) electrons. The summed E-state index contributed by atoms with van der Waals surface area (Å²) in [6, 6.07) is 44.6. The van der Waals surface area contributed by atoms with E-state index in [4.69, 9.17) is 16.5 Å². The highest BCUT2D eigenvalue weighted by Gasteiger charge is 2.23. The van der Waals surface area contributed by atoms with E-state index >= 15 is 0 Å². The van der Waals surface area contributed by atoms with E-state index in [1.807, 2.05) is 116 Å². The molecule has 0 saturated carbocycles. The van der Waals surface area contributed by atoms with E-state index < -0.39 is 0 Å². The number of para-hydroxylation sites is 1. The number of aryl methyl sites for hydroxylation is 1. The maximum atomic E-state index is 12.7. The molecule has 0 spiro atoms. The molecule has 0 fully saturated rings. The van der Waals surface area contributed by atoms with Crippen LogP contribution in [0.5, 0.6) is 0 Å². The van der Waals surface area contributed by atoms with Crippen LogP contribution < -0.4 is 32.7 Å². The summed E-state index contributed by atoms with van der Waals surface area (Å²) in [6.45, 7) is 14.6. The van der Waals surface area contributed by atoms with Gasteiger partial charge in [-0.1, -0.05) is 126 Å². The molecule has 5 aromatic carbocycles. The summed E-state index contributed by atoms with van der Waals surface area (Å²) in [5, 5.41) is 27.4. The van der Waals surface area contributed by atoms with Gasteiger partial charge in [0.25, 0.3) is 0 Å². The van der Waals surface area contributed by atoms with Gasteiger partial charge < -0.3 is 32.7 Å². The molecule has 4 amide bonds. The van der Waals surface area contributed by atoms with E-state index in [9.17, 15) is 9.59 Å². The SMILES string of the molecule is CC(C)(C)c1cc(-c2ccc(NC(=O)Nc3cccc(Cc4ccccc4)c3)cc2)c2c(N)[nH]nc2n1.Cc1ccccc1NC(=O)Nc1ccc(-c2cc(C(C)(C)C)nc3n[nH]c(N)c23)cc1. The Kier molecular flexibility index (Phi) is 13.0. The molecule has 14 heteroatoms. The summed E-state index contributed by atoms with van der Waals surface area (Å²) in [5.41, 5.74) is 25.2.